The summed E-state index contributed by atoms with van der Waals surface area (Å²) in [7, 11) is 0. The Morgan fingerprint density at radius 1 is 1.37 bits per heavy atom. The molecule has 1 heterocycles. The third kappa shape index (κ3) is 3.15. The molecule has 0 amide bonds. The van der Waals surface area contributed by atoms with Crippen LogP contribution in [0, 0.1) is 0 Å². The second kappa shape index (κ2) is 5.45. The van der Waals surface area contributed by atoms with Gasteiger partial charge in [0.2, 0.25) is 5.89 Å². The molecule has 0 aliphatic heterocycles. The van der Waals surface area contributed by atoms with Gasteiger partial charge in [-0.1, -0.05) is 25.4 Å². The number of aliphatic carboxylic acids is 1. The number of oxazole rings is 1. The van der Waals surface area contributed by atoms with Crippen molar-refractivity contribution in [3.63, 3.8) is 0 Å². The summed E-state index contributed by atoms with van der Waals surface area (Å²) >= 11 is 5.83. The van der Waals surface area contributed by atoms with Crippen LogP contribution in [0.5, 0.6) is 0 Å². The molecule has 2 aromatic rings. The zero-order valence-electron chi connectivity index (χ0n) is 10.7. The van der Waals surface area contributed by atoms with Gasteiger partial charge in [0.15, 0.2) is 0 Å². The zero-order chi connectivity index (χ0) is 14.0. The Morgan fingerprint density at radius 3 is 2.53 bits per heavy atom. The maximum atomic E-state index is 10.8. The van der Waals surface area contributed by atoms with E-state index in [4.69, 9.17) is 21.1 Å². The predicted molar refractivity (Wildman–Crippen MR) is 72.4 cm³/mol. The van der Waals surface area contributed by atoms with Crippen LogP contribution in [0.25, 0.3) is 11.5 Å². The first-order valence-corrected chi connectivity index (χ1v) is 6.32. The Balaban J connectivity index is 2.42. The van der Waals surface area contributed by atoms with Crippen molar-refractivity contribution in [1.82, 2.24) is 4.98 Å². The van der Waals surface area contributed by atoms with E-state index >= 15 is 0 Å². The number of benzene rings is 1. The van der Waals surface area contributed by atoms with Gasteiger partial charge >= 0.3 is 5.97 Å². The number of rotatable bonds is 4. The van der Waals surface area contributed by atoms with Gasteiger partial charge in [0.05, 0.1) is 12.1 Å². The molecule has 4 nitrogen and oxygen atoms in total. The highest BCUT2D eigenvalue weighted by atomic mass is 35.5. The summed E-state index contributed by atoms with van der Waals surface area (Å²) in [5, 5.41) is 9.52. The molecule has 0 aliphatic rings. The molecule has 0 spiro atoms. The van der Waals surface area contributed by atoms with Crippen molar-refractivity contribution in [2.24, 2.45) is 0 Å². The molecule has 0 aliphatic carbocycles. The molecule has 0 unspecified atom stereocenters. The molecule has 0 saturated carbocycles. The first-order valence-electron chi connectivity index (χ1n) is 5.94. The van der Waals surface area contributed by atoms with Crippen molar-refractivity contribution in [3.8, 4) is 11.5 Å². The largest absolute Gasteiger partial charge is 0.481 e. The van der Waals surface area contributed by atoms with Crippen molar-refractivity contribution >= 4 is 17.6 Å². The fourth-order valence-electron chi connectivity index (χ4n) is 1.80. The maximum Gasteiger partial charge on any atom is 0.309 e. The summed E-state index contributed by atoms with van der Waals surface area (Å²) in [6.07, 6.45) is -0.134. The number of halogens is 1. The number of carboxylic acid groups (broad SMARTS) is 1. The maximum absolute atomic E-state index is 10.8. The second-order valence-electron chi connectivity index (χ2n) is 4.56. The van der Waals surface area contributed by atoms with Gasteiger partial charge in [-0.15, -0.1) is 0 Å². The molecule has 100 valence electrons. The standard InChI is InChI=1S/C14H14ClNO3/c1-8(2)13-11(7-12(17)18)16-14(19-13)9-3-5-10(15)6-4-9/h3-6,8H,7H2,1-2H3,(H,17,18). The number of carboxylic acids is 1. The van der Waals surface area contributed by atoms with E-state index in [9.17, 15) is 4.79 Å². The number of carbonyl (C=O) groups is 1. The third-order valence-corrected chi connectivity index (χ3v) is 2.91. The van der Waals surface area contributed by atoms with Crippen molar-refractivity contribution in [2.45, 2.75) is 26.2 Å². The van der Waals surface area contributed by atoms with Gasteiger partial charge in [0.1, 0.15) is 5.76 Å². The van der Waals surface area contributed by atoms with E-state index in [1.807, 2.05) is 13.8 Å². The van der Waals surface area contributed by atoms with Crippen LogP contribution in [0.3, 0.4) is 0 Å². The Bertz CT molecular complexity index is 587. The van der Waals surface area contributed by atoms with Gasteiger partial charge in [-0.3, -0.25) is 4.79 Å². The number of hydrogen-bond acceptors (Lipinski definition) is 3. The molecule has 0 fully saturated rings. The van der Waals surface area contributed by atoms with Crippen LogP contribution in [0.2, 0.25) is 5.02 Å². The van der Waals surface area contributed by atoms with Crippen LogP contribution >= 0.6 is 11.6 Å². The quantitative estimate of drug-likeness (QED) is 0.926. The Kier molecular flexibility index (Phi) is 3.90. The van der Waals surface area contributed by atoms with Crippen LogP contribution in [0.15, 0.2) is 28.7 Å². The molecule has 0 bridgehead atoms. The minimum Gasteiger partial charge on any atom is -0.481 e. The Labute approximate surface area is 116 Å². The molecular formula is C14H14ClNO3. The molecule has 0 radical (unpaired) electrons. The van der Waals surface area contributed by atoms with E-state index in [2.05, 4.69) is 4.98 Å². The molecule has 1 aromatic carbocycles. The summed E-state index contributed by atoms with van der Waals surface area (Å²) < 4.78 is 5.69. The van der Waals surface area contributed by atoms with Gasteiger partial charge in [0, 0.05) is 16.5 Å². The molecule has 0 atom stereocenters. The van der Waals surface area contributed by atoms with Crippen LogP contribution < -0.4 is 0 Å². The van der Waals surface area contributed by atoms with Crippen LogP contribution in [0.1, 0.15) is 31.2 Å². The fourth-order valence-corrected chi connectivity index (χ4v) is 1.93. The average Bonchev–Trinajstić information content (AvgIpc) is 2.73. The predicted octanol–water partition coefficient (Wildman–Crippen LogP) is 3.75. The number of nitrogens with zero attached hydrogens (tertiary/aromatic N) is 1. The summed E-state index contributed by atoms with van der Waals surface area (Å²) in [4.78, 5) is 15.1. The summed E-state index contributed by atoms with van der Waals surface area (Å²) in [5.41, 5.74) is 1.26. The molecule has 1 N–H and O–H groups in total. The fraction of sp³-hybridized carbons (Fsp3) is 0.286. The van der Waals surface area contributed by atoms with E-state index in [-0.39, 0.29) is 12.3 Å². The van der Waals surface area contributed by atoms with E-state index in [1.165, 1.54) is 0 Å². The van der Waals surface area contributed by atoms with Crippen LogP contribution in [-0.2, 0) is 11.2 Å². The summed E-state index contributed by atoms with van der Waals surface area (Å²) in [6, 6.07) is 7.08. The van der Waals surface area contributed by atoms with Gasteiger partial charge in [0.25, 0.3) is 0 Å². The van der Waals surface area contributed by atoms with Crippen molar-refractivity contribution in [3.05, 3.63) is 40.7 Å². The van der Waals surface area contributed by atoms with Crippen LogP contribution in [-0.4, -0.2) is 16.1 Å². The SMILES string of the molecule is CC(C)c1oc(-c2ccc(Cl)cc2)nc1CC(=O)O. The highest BCUT2D eigenvalue weighted by Crippen LogP contribution is 2.28. The van der Waals surface area contributed by atoms with Crippen molar-refractivity contribution < 1.29 is 14.3 Å². The van der Waals surface area contributed by atoms with E-state index in [1.54, 1.807) is 24.3 Å². The minimum atomic E-state index is -0.919. The Hall–Kier alpha value is -1.81. The highest BCUT2D eigenvalue weighted by molar-refractivity contribution is 6.30. The molecule has 1 aromatic heterocycles. The Morgan fingerprint density at radius 2 is 2.00 bits per heavy atom. The normalized spacial score (nSPS) is 10.9. The van der Waals surface area contributed by atoms with E-state index < -0.39 is 5.97 Å². The molecule has 2 rings (SSSR count). The van der Waals surface area contributed by atoms with Gasteiger partial charge in [-0.05, 0) is 24.3 Å². The summed E-state index contributed by atoms with van der Waals surface area (Å²) in [6.45, 7) is 3.88. The molecule has 0 saturated heterocycles. The van der Waals surface area contributed by atoms with Crippen molar-refractivity contribution in [2.75, 3.05) is 0 Å². The second-order valence-corrected chi connectivity index (χ2v) is 5.00. The molecule has 5 heteroatoms. The van der Waals surface area contributed by atoms with Gasteiger partial charge in [-0.2, -0.15) is 0 Å². The lowest BCUT2D eigenvalue weighted by molar-refractivity contribution is -0.136. The topological polar surface area (TPSA) is 63.3 Å². The summed E-state index contributed by atoms with van der Waals surface area (Å²) in [5.74, 6) is 0.213. The van der Waals surface area contributed by atoms with Crippen molar-refractivity contribution in [1.29, 1.82) is 0 Å². The highest BCUT2D eigenvalue weighted by Gasteiger charge is 2.19. The van der Waals surface area contributed by atoms with Gasteiger partial charge in [-0.25, -0.2) is 4.98 Å². The average molecular weight is 280 g/mol. The lowest BCUT2D eigenvalue weighted by atomic mass is 10.1. The van der Waals surface area contributed by atoms with E-state index in [0.29, 0.717) is 22.4 Å². The molecule has 19 heavy (non-hydrogen) atoms. The van der Waals surface area contributed by atoms with E-state index in [0.717, 1.165) is 5.56 Å². The lowest BCUT2D eigenvalue weighted by Crippen LogP contribution is -2.03. The molecular weight excluding hydrogens is 266 g/mol. The lowest BCUT2D eigenvalue weighted by Gasteiger charge is -2.01. The van der Waals surface area contributed by atoms with Gasteiger partial charge < -0.3 is 9.52 Å². The minimum absolute atomic E-state index is 0.0860. The third-order valence-electron chi connectivity index (χ3n) is 2.66. The van der Waals surface area contributed by atoms with Crippen LogP contribution in [0.4, 0.5) is 0 Å². The number of aromatic nitrogens is 1. The smallest absolute Gasteiger partial charge is 0.309 e. The first kappa shape index (κ1) is 13.6. The zero-order valence-corrected chi connectivity index (χ0v) is 11.4. The monoisotopic (exact) mass is 279 g/mol. The number of hydrogen-bond donors (Lipinski definition) is 1. The first-order chi connectivity index (χ1) is 8.97.